The summed E-state index contributed by atoms with van der Waals surface area (Å²) in [5.74, 6) is -1.91. The van der Waals surface area contributed by atoms with Gasteiger partial charge < -0.3 is 0 Å². The van der Waals surface area contributed by atoms with Crippen LogP contribution < -0.4 is 0 Å². The molecule has 1 rings (SSSR count). The van der Waals surface area contributed by atoms with Gasteiger partial charge in [-0.25, -0.2) is 0 Å². The maximum absolute atomic E-state index is 11.6. The van der Waals surface area contributed by atoms with Crippen molar-refractivity contribution in [3.8, 4) is 0 Å². The van der Waals surface area contributed by atoms with Crippen LogP contribution in [0.5, 0.6) is 0 Å². The third-order valence-electron chi connectivity index (χ3n) is 4.08. The highest BCUT2D eigenvalue weighted by Crippen LogP contribution is 2.40. The van der Waals surface area contributed by atoms with Crippen molar-refractivity contribution in [3.63, 3.8) is 0 Å². The minimum absolute atomic E-state index is 0.0662. The van der Waals surface area contributed by atoms with Crippen LogP contribution in [0.15, 0.2) is 0 Å². The van der Waals surface area contributed by atoms with E-state index in [2.05, 4.69) is 0 Å². The van der Waals surface area contributed by atoms with E-state index in [9.17, 15) is 19.2 Å². The smallest absolute Gasteiger partial charge is 0.133 e. The van der Waals surface area contributed by atoms with Crippen molar-refractivity contribution in [1.82, 2.24) is 0 Å². The number of hydrogen-bond acceptors (Lipinski definition) is 4. The maximum atomic E-state index is 11.6. The fourth-order valence-electron chi connectivity index (χ4n) is 3.00. The average molecular weight is 252 g/mol. The van der Waals surface area contributed by atoms with Crippen LogP contribution in [0, 0.1) is 23.7 Å². The number of Topliss-reactive ketones (excluding diaryl/α,β-unsaturated/α-hetero) is 4. The van der Waals surface area contributed by atoms with E-state index in [-0.39, 0.29) is 23.1 Å². The highest BCUT2D eigenvalue weighted by molar-refractivity contribution is 5.92. The monoisotopic (exact) mass is 252 g/mol. The maximum Gasteiger partial charge on any atom is 0.133 e. The lowest BCUT2D eigenvalue weighted by molar-refractivity contribution is -0.141. The number of ketones is 4. The van der Waals surface area contributed by atoms with Gasteiger partial charge in [-0.1, -0.05) is 0 Å². The van der Waals surface area contributed by atoms with E-state index in [0.29, 0.717) is 12.8 Å². The van der Waals surface area contributed by atoms with Crippen molar-refractivity contribution in [2.75, 3.05) is 0 Å². The van der Waals surface area contributed by atoms with Gasteiger partial charge in [0.2, 0.25) is 0 Å². The lowest BCUT2D eigenvalue weighted by Crippen LogP contribution is -2.43. The third-order valence-corrected chi connectivity index (χ3v) is 4.08. The van der Waals surface area contributed by atoms with Crippen LogP contribution in [-0.2, 0) is 19.2 Å². The first-order chi connectivity index (χ1) is 8.25. The van der Waals surface area contributed by atoms with E-state index in [4.69, 9.17) is 0 Å². The second-order valence-electron chi connectivity index (χ2n) is 5.34. The average Bonchev–Trinajstić information content (AvgIpc) is 2.26. The Morgan fingerprint density at radius 3 is 0.833 bits per heavy atom. The summed E-state index contributed by atoms with van der Waals surface area (Å²) in [6.45, 7) is 5.80. The van der Waals surface area contributed by atoms with Gasteiger partial charge in [0.05, 0.1) is 0 Å². The molecule has 1 aliphatic carbocycles. The zero-order valence-electron chi connectivity index (χ0n) is 11.4. The van der Waals surface area contributed by atoms with Crippen LogP contribution in [0.1, 0.15) is 40.5 Å². The molecular weight excluding hydrogens is 232 g/mol. The molecule has 1 fully saturated rings. The zero-order valence-corrected chi connectivity index (χ0v) is 11.4. The van der Waals surface area contributed by atoms with Crippen molar-refractivity contribution >= 4 is 23.1 Å². The Hall–Kier alpha value is -1.32. The summed E-state index contributed by atoms with van der Waals surface area (Å²) in [7, 11) is 0. The predicted octanol–water partition coefficient (Wildman–Crippen LogP) is 1.60. The molecule has 0 heterocycles. The second kappa shape index (κ2) is 5.55. The van der Waals surface area contributed by atoms with Crippen molar-refractivity contribution in [2.45, 2.75) is 40.5 Å². The first kappa shape index (κ1) is 14.7. The van der Waals surface area contributed by atoms with Crippen molar-refractivity contribution in [2.24, 2.45) is 23.7 Å². The summed E-state index contributed by atoms with van der Waals surface area (Å²) in [6, 6.07) is 0. The SMILES string of the molecule is CC(=O)C1CC(C(C)=O)C(C(C)=O)CC1C(C)=O. The largest absolute Gasteiger partial charge is 0.300 e. The number of carbonyl (C=O) groups excluding carboxylic acids is 4. The predicted molar refractivity (Wildman–Crippen MR) is 65.9 cm³/mol. The first-order valence-corrected chi connectivity index (χ1v) is 6.27. The molecule has 0 amide bonds. The minimum Gasteiger partial charge on any atom is -0.300 e. The Morgan fingerprint density at radius 1 is 0.556 bits per heavy atom. The molecule has 18 heavy (non-hydrogen) atoms. The summed E-state index contributed by atoms with van der Waals surface area (Å²) in [5, 5.41) is 0. The van der Waals surface area contributed by atoms with Crippen LogP contribution in [0.4, 0.5) is 0 Å². The standard InChI is InChI=1S/C14H20O4/c1-7(15)11-5-13(9(3)17)14(10(4)18)6-12(11)8(2)16/h11-14H,5-6H2,1-4H3. The molecule has 0 bridgehead atoms. The number of rotatable bonds is 4. The van der Waals surface area contributed by atoms with Gasteiger partial charge in [-0.3, -0.25) is 19.2 Å². The van der Waals surface area contributed by atoms with E-state index in [1.165, 1.54) is 27.7 Å². The highest BCUT2D eigenvalue weighted by atomic mass is 16.1. The molecule has 0 saturated heterocycles. The fraction of sp³-hybridized carbons (Fsp3) is 0.714. The molecule has 4 atom stereocenters. The Bertz CT molecular complexity index is 323. The molecule has 0 aromatic rings. The first-order valence-electron chi connectivity index (χ1n) is 6.27. The molecule has 4 heteroatoms. The Morgan fingerprint density at radius 2 is 0.722 bits per heavy atom. The molecule has 0 aromatic heterocycles. The molecule has 0 radical (unpaired) electrons. The zero-order chi connectivity index (χ0) is 14.0. The molecule has 4 nitrogen and oxygen atoms in total. The van der Waals surface area contributed by atoms with Crippen LogP contribution in [0.25, 0.3) is 0 Å². The van der Waals surface area contributed by atoms with Gasteiger partial charge in [-0.05, 0) is 40.5 Å². The van der Waals surface area contributed by atoms with Crippen LogP contribution in [0.3, 0.4) is 0 Å². The van der Waals surface area contributed by atoms with E-state index in [0.717, 1.165) is 0 Å². The summed E-state index contributed by atoms with van der Waals surface area (Å²) < 4.78 is 0. The molecule has 4 unspecified atom stereocenters. The molecule has 0 spiro atoms. The van der Waals surface area contributed by atoms with Crippen LogP contribution in [0.2, 0.25) is 0 Å². The van der Waals surface area contributed by atoms with E-state index >= 15 is 0 Å². The number of hydrogen-bond donors (Lipinski definition) is 0. The van der Waals surface area contributed by atoms with Crippen LogP contribution >= 0.6 is 0 Å². The topological polar surface area (TPSA) is 68.3 Å². The van der Waals surface area contributed by atoms with Crippen molar-refractivity contribution < 1.29 is 19.2 Å². The lowest BCUT2D eigenvalue weighted by Gasteiger charge is -2.37. The molecule has 1 saturated carbocycles. The molecule has 1 aliphatic rings. The van der Waals surface area contributed by atoms with Gasteiger partial charge in [0, 0.05) is 23.7 Å². The van der Waals surface area contributed by atoms with Crippen molar-refractivity contribution in [1.29, 1.82) is 0 Å². The Kier molecular flexibility index (Phi) is 4.54. The fourth-order valence-corrected chi connectivity index (χ4v) is 3.00. The Labute approximate surface area is 107 Å². The molecule has 0 N–H and O–H groups in total. The van der Waals surface area contributed by atoms with E-state index < -0.39 is 23.7 Å². The summed E-state index contributed by atoms with van der Waals surface area (Å²) in [5.41, 5.74) is 0. The van der Waals surface area contributed by atoms with Gasteiger partial charge in [0.25, 0.3) is 0 Å². The highest BCUT2D eigenvalue weighted by Gasteiger charge is 2.44. The second-order valence-corrected chi connectivity index (χ2v) is 5.34. The van der Waals surface area contributed by atoms with E-state index in [1.54, 1.807) is 0 Å². The normalized spacial score (nSPS) is 31.8. The van der Waals surface area contributed by atoms with E-state index in [1.807, 2.05) is 0 Å². The molecular formula is C14H20O4. The molecule has 100 valence electrons. The van der Waals surface area contributed by atoms with Crippen molar-refractivity contribution in [3.05, 3.63) is 0 Å². The van der Waals surface area contributed by atoms with Gasteiger partial charge in [0.15, 0.2) is 0 Å². The van der Waals surface area contributed by atoms with Crippen LogP contribution in [-0.4, -0.2) is 23.1 Å². The number of carbonyl (C=O) groups is 4. The van der Waals surface area contributed by atoms with Gasteiger partial charge in [0.1, 0.15) is 23.1 Å². The quantitative estimate of drug-likeness (QED) is 0.762. The Balaban J connectivity index is 3.06. The summed E-state index contributed by atoms with van der Waals surface area (Å²) in [4.78, 5) is 46.4. The van der Waals surface area contributed by atoms with Gasteiger partial charge in [-0.15, -0.1) is 0 Å². The van der Waals surface area contributed by atoms with Gasteiger partial charge >= 0.3 is 0 Å². The summed E-state index contributed by atoms with van der Waals surface area (Å²) in [6.07, 6.45) is 0.665. The minimum atomic E-state index is -0.410. The molecule has 0 aromatic carbocycles. The van der Waals surface area contributed by atoms with Gasteiger partial charge in [-0.2, -0.15) is 0 Å². The summed E-state index contributed by atoms with van der Waals surface area (Å²) >= 11 is 0. The third kappa shape index (κ3) is 2.92. The molecule has 0 aliphatic heterocycles. The lowest BCUT2D eigenvalue weighted by atomic mass is 9.64.